The summed E-state index contributed by atoms with van der Waals surface area (Å²) in [5.41, 5.74) is 0. The second-order valence-electron chi connectivity index (χ2n) is 5.24. The van der Waals surface area contributed by atoms with E-state index < -0.39 is 16.0 Å². The highest BCUT2D eigenvalue weighted by atomic mass is 32.2. The molecule has 0 radical (unpaired) electrons. The van der Waals surface area contributed by atoms with E-state index in [0.29, 0.717) is 18.1 Å². The third kappa shape index (κ3) is 5.52. The number of nitrogens with zero attached hydrogens (tertiary/aromatic N) is 5. The molecule has 0 fully saturated rings. The number of likely N-dealkylation sites (N-methyl/N-ethyl adjacent to an activating group) is 1. The molecule has 13 heteroatoms. The first-order chi connectivity index (χ1) is 12.9. The fourth-order valence-corrected chi connectivity index (χ4v) is 4.47. The molecular formula is C14H21N5O6S2. The maximum atomic E-state index is 12.7. The second kappa shape index (κ2) is 9.85. The van der Waals surface area contributed by atoms with Crippen molar-refractivity contribution in [2.45, 2.75) is 17.6 Å². The normalized spacial score (nSPS) is 11.9. The Labute approximate surface area is 160 Å². The standard InChI is InChI=1S/C14H21N5O6S2/c1-4-12(20)25-19-14(15-16-17-19)11-5-6-13(26-11)27(21,22)18(2)7-8-24-10-9-23-3/h5-6H,4,7-10H2,1-3H3. The van der Waals surface area contributed by atoms with E-state index in [1.165, 1.54) is 17.4 Å². The van der Waals surface area contributed by atoms with Crippen LogP contribution in [0.4, 0.5) is 0 Å². The summed E-state index contributed by atoms with van der Waals surface area (Å²) in [5, 5.41) is 10.8. The number of carbonyl (C=O) groups is 1. The van der Waals surface area contributed by atoms with Crippen LogP contribution >= 0.6 is 11.3 Å². The van der Waals surface area contributed by atoms with Crippen molar-refractivity contribution in [3.8, 4) is 10.7 Å². The third-order valence-electron chi connectivity index (χ3n) is 3.37. The lowest BCUT2D eigenvalue weighted by Gasteiger charge is -2.15. The van der Waals surface area contributed by atoms with Crippen LogP contribution in [0.1, 0.15) is 13.3 Å². The van der Waals surface area contributed by atoms with Crippen molar-refractivity contribution in [2.75, 3.05) is 40.5 Å². The highest BCUT2D eigenvalue weighted by Crippen LogP contribution is 2.30. The highest BCUT2D eigenvalue weighted by Gasteiger charge is 2.24. The number of carbonyl (C=O) groups excluding carboxylic acids is 1. The number of ether oxygens (including phenoxy) is 2. The van der Waals surface area contributed by atoms with Crippen LogP contribution in [0.3, 0.4) is 0 Å². The van der Waals surface area contributed by atoms with Crippen molar-refractivity contribution in [1.82, 2.24) is 24.7 Å². The SMILES string of the molecule is CCC(=O)On1nnnc1-c1ccc(S(=O)(=O)N(C)CCOCCOC)s1. The molecule has 0 aliphatic heterocycles. The van der Waals surface area contributed by atoms with E-state index in [9.17, 15) is 13.2 Å². The van der Waals surface area contributed by atoms with Gasteiger partial charge in [0.15, 0.2) is 0 Å². The van der Waals surface area contributed by atoms with Crippen molar-refractivity contribution in [3.63, 3.8) is 0 Å². The number of thiophene rings is 1. The third-order valence-corrected chi connectivity index (χ3v) is 6.77. The van der Waals surface area contributed by atoms with Crippen molar-refractivity contribution >= 4 is 27.3 Å². The van der Waals surface area contributed by atoms with Gasteiger partial charge in [0.2, 0.25) is 5.82 Å². The van der Waals surface area contributed by atoms with Gasteiger partial charge in [-0.1, -0.05) is 6.92 Å². The Morgan fingerprint density at radius 2 is 2.07 bits per heavy atom. The van der Waals surface area contributed by atoms with Gasteiger partial charge in [-0.05, 0) is 27.4 Å². The fourth-order valence-electron chi connectivity index (χ4n) is 1.84. The maximum Gasteiger partial charge on any atom is 0.334 e. The quantitative estimate of drug-likeness (QED) is 0.367. The fraction of sp³-hybridized carbons (Fsp3) is 0.571. The average molecular weight is 419 g/mol. The van der Waals surface area contributed by atoms with Gasteiger partial charge in [-0.2, -0.15) is 4.31 Å². The molecular weight excluding hydrogens is 398 g/mol. The molecule has 0 atom stereocenters. The van der Waals surface area contributed by atoms with E-state index in [-0.39, 0.29) is 29.6 Å². The van der Waals surface area contributed by atoms with Crippen LogP contribution in [0.25, 0.3) is 10.7 Å². The van der Waals surface area contributed by atoms with Crippen molar-refractivity contribution < 1.29 is 27.5 Å². The zero-order chi connectivity index (χ0) is 19.9. The molecule has 0 unspecified atom stereocenters. The number of hydrogen-bond acceptors (Lipinski definition) is 10. The summed E-state index contributed by atoms with van der Waals surface area (Å²) in [6, 6.07) is 3.01. The minimum absolute atomic E-state index is 0.119. The summed E-state index contributed by atoms with van der Waals surface area (Å²) in [5.74, 6) is -0.366. The summed E-state index contributed by atoms with van der Waals surface area (Å²) in [6.45, 7) is 2.93. The van der Waals surface area contributed by atoms with Gasteiger partial charge in [0.05, 0.1) is 24.7 Å². The smallest absolute Gasteiger partial charge is 0.334 e. The summed E-state index contributed by atoms with van der Waals surface area (Å²) in [7, 11) is -0.650. The van der Waals surface area contributed by atoms with Crippen molar-refractivity contribution in [1.29, 1.82) is 0 Å². The first-order valence-electron chi connectivity index (χ1n) is 8.03. The molecule has 11 nitrogen and oxygen atoms in total. The molecule has 2 heterocycles. The van der Waals surface area contributed by atoms with Gasteiger partial charge in [0.25, 0.3) is 10.0 Å². The number of rotatable bonds is 11. The molecule has 0 saturated heterocycles. The Morgan fingerprint density at radius 1 is 1.30 bits per heavy atom. The Hall–Kier alpha value is -1.93. The number of hydrogen-bond donors (Lipinski definition) is 0. The predicted octanol–water partition coefficient (Wildman–Crippen LogP) is 0.0503. The van der Waals surface area contributed by atoms with Crippen molar-refractivity contribution in [2.24, 2.45) is 0 Å². The largest absolute Gasteiger partial charge is 0.382 e. The van der Waals surface area contributed by atoms with E-state index in [4.69, 9.17) is 14.3 Å². The number of tetrazole rings is 1. The van der Waals surface area contributed by atoms with Crippen LogP contribution in [0.15, 0.2) is 16.3 Å². The molecule has 27 heavy (non-hydrogen) atoms. The molecule has 0 aliphatic carbocycles. The van der Waals surface area contributed by atoms with Gasteiger partial charge in [0.1, 0.15) is 4.21 Å². The molecule has 2 rings (SSSR count). The first-order valence-corrected chi connectivity index (χ1v) is 10.3. The summed E-state index contributed by atoms with van der Waals surface area (Å²) < 4.78 is 36.8. The topological polar surface area (TPSA) is 126 Å². The molecule has 0 N–H and O–H groups in total. The van der Waals surface area contributed by atoms with E-state index in [1.807, 2.05) is 0 Å². The van der Waals surface area contributed by atoms with Crippen LogP contribution in [0, 0.1) is 0 Å². The molecule has 2 aromatic heterocycles. The predicted molar refractivity (Wildman–Crippen MR) is 95.5 cm³/mol. The zero-order valence-corrected chi connectivity index (χ0v) is 16.8. The number of sulfonamides is 1. The Balaban J connectivity index is 2.08. The number of aromatic nitrogens is 4. The molecule has 0 amide bonds. The zero-order valence-electron chi connectivity index (χ0n) is 15.2. The molecule has 0 aromatic carbocycles. The monoisotopic (exact) mass is 419 g/mol. The molecule has 2 aromatic rings. The molecule has 0 aliphatic rings. The summed E-state index contributed by atoms with van der Waals surface area (Å²) in [4.78, 5) is 17.7. The lowest BCUT2D eigenvalue weighted by Crippen LogP contribution is -2.30. The molecule has 0 spiro atoms. The van der Waals surface area contributed by atoms with Gasteiger partial charge >= 0.3 is 5.97 Å². The Kier molecular flexibility index (Phi) is 7.79. The lowest BCUT2D eigenvalue weighted by atomic mass is 10.4. The first kappa shape index (κ1) is 21.4. The van der Waals surface area contributed by atoms with Gasteiger partial charge in [-0.3, -0.25) is 0 Å². The summed E-state index contributed by atoms with van der Waals surface area (Å²) >= 11 is 0.977. The van der Waals surface area contributed by atoms with E-state index >= 15 is 0 Å². The minimum atomic E-state index is -3.69. The minimum Gasteiger partial charge on any atom is -0.382 e. The summed E-state index contributed by atoms with van der Waals surface area (Å²) in [6.07, 6.45) is 0.153. The van der Waals surface area contributed by atoms with Gasteiger partial charge in [-0.15, -0.1) is 16.4 Å². The Morgan fingerprint density at radius 3 is 2.78 bits per heavy atom. The van der Waals surface area contributed by atoms with E-state index in [2.05, 4.69) is 15.5 Å². The average Bonchev–Trinajstić information content (AvgIpc) is 3.30. The van der Waals surface area contributed by atoms with Crippen LogP contribution in [0.2, 0.25) is 0 Å². The lowest BCUT2D eigenvalue weighted by molar-refractivity contribution is -0.145. The van der Waals surface area contributed by atoms with Crippen molar-refractivity contribution in [3.05, 3.63) is 12.1 Å². The van der Waals surface area contributed by atoms with Crippen LogP contribution in [-0.4, -0.2) is 79.6 Å². The van der Waals surface area contributed by atoms with Gasteiger partial charge in [0, 0.05) is 27.1 Å². The van der Waals surface area contributed by atoms with Gasteiger partial charge < -0.3 is 14.3 Å². The second-order valence-corrected chi connectivity index (χ2v) is 8.60. The molecule has 0 saturated carbocycles. The van der Waals surface area contributed by atoms with E-state index in [0.717, 1.165) is 16.2 Å². The molecule has 150 valence electrons. The van der Waals surface area contributed by atoms with Crippen LogP contribution in [-0.2, 0) is 24.3 Å². The van der Waals surface area contributed by atoms with Gasteiger partial charge in [-0.25, -0.2) is 13.2 Å². The Bertz CT molecular complexity index is 850. The van der Waals surface area contributed by atoms with Crippen LogP contribution < -0.4 is 4.84 Å². The van der Waals surface area contributed by atoms with Crippen LogP contribution in [0.5, 0.6) is 0 Å². The molecule has 0 bridgehead atoms. The van der Waals surface area contributed by atoms with E-state index in [1.54, 1.807) is 20.1 Å². The highest BCUT2D eigenvalue weighted by molar-refractivity contribution is 7.91. The number of methoxy groups -OCH3 is 1. The maximum absolute atomic E-state index is 12.7.